The van der Waals surface area contributed by atoms with Crippen LogP contribution in [0.1, 0.15) is 12.0 Å². The van der Waals surface area contributed by atoms with Crippen LogP contribution in [0.15, 0.2) is 49.2 Å². The molecule has 2 heterocycles. The number of para-hydroxylation sites is 1. The van der Waals surface area contributed by atoms with Gasteiger partial charge in [-0.15, -0.1) is 0 Å². The normalized spacial score (nSPS) is 12.9. The molecular formula is C29H37ClN8O4S. The molecule has 3 N–H and O–H groups in total. The molecule has 3 aromatic rings. The molecule has 43 heavy (non-hydrogen) atoms. The molecule has 1 aromatic heterocycles. The van der Waals surface area contributed by atoms with E-state index < -0.39 is 10.0 Å². The van der Waals surface area contributed by atoms with Crippen LogP contribution >= 0.6 is 11.6 Å². The highest BCUT2D eigenvalue weighted by Crippen LogP contribution is 2.40. The molecule has 0 saturated carbocycles. The Bertz CT molecular complexity index is 1620. The number of nitrogens with zero attached hydrogens (tertiary/aromatic N) is 5. The number of fused-ring (bicyclic) bond motifs is 1. The predicted octanol–water partition coefficient (Wildman–Crippen LogP) is 4.46. The zero-order valence-electron chi connectivity index (χ0n) is 24.9. The number of sulfonamides is 1. The van der Waals surface area contributed by atoms with Crippen LogP contribution in [0.25, 0.3) is 0 Å². The van der Waals surface area contributed by atoms with Gasteiger partial charge in [0.05, 0.1) is 48.0 Å². The molecule has 2 aromatic carbocycles. The standard InChI is InChI=1S/C29H37ClN8O4S/c1-7-26(39)32-22-16-23(25(42-5)17-24(22)37(4)15-14-36(2)3)34-29-31-18-20(30)28(35-29)33-21-12-8-10-19-11-9-13-38(27(19)21)43(6,40)41/h7-8,10,12,16-18H,1,9,11,13-15H2,2-6H3,(H,32,39)(H2,31,33,34,35). The summed E-state index contributed by atoms with van der Waals surface area (Å²) >= 11 is 6.49. The van der Waals surface area contributed by atoms with E-state index in [9.17, 15) is 13.2 Å². The van der Waals surface area contributed by atoms with Gasteiger partial charge in [-0.25, -0.2) is 13.4 Å². The van der Waals surface area contributed by atoms with Crippen LogP contribution in [0.5, 0.6) is 5.75 Å². The van der Waals surface area contributed by atoms with Crippen molar-refractivity contribution in [3.63, 3.8) is 0 Å². The van der Waals surface area contributed by atoms with Crippen molar-refractivity contribution in [1.29, 1.82) is 0 Å². The van der Waals surface area contributed by atoms with Gasteiger partial charge < -0.3 is 30.5 Å². The minimum absolute atomic E-state index is 0.199. The minimum Gasteiger partial charge on any atom is -0.494 e. The minimum atomic E-state index is -3.49. The number of hydrogen-bond donors (Lipinski definition) is 3. The lowest BCUT2D eigenvalue weighted by Crippen LogP contribution is -2.35. The van der Waals surface area contributed by atoms with Crippen LogP contribution in [-0.4, -0.2) is 83.3 Å². The van der Waals surface area contributed by atoms with E-state index >= 15 is 0 Å². The fourth-order valence-corrected chi connectivity index (χ4v) is 5.86. The zero-order chi connectivity index (χ0) is 31.3. The Morgan fingerprint density at radius 1 is 1.16 bits per heavy atom. The number of likely N-dealkylation sites (N-methyl/N-ethyl adjacent to an activating group) is 2. The average molecular weight is 629 g/mol. The summed E-state index contributed by atoms with van der Waals surface area (Å²) in [6, 6.07) is 9.13. The molecule has 4 rings (SSSR count). The third kappa shape index (κ3) is 7.66. The molecule has 12 nitrogen and oxygen atoms in total. The van der Waals surface area contributed by atoms with E-state index in [1.165, 1.54) is 22.8 Å². The van der Waals surface area contributed by atoms with Crippen molar-refractivity contribution in [1.82, 2.24) is 14.9 Å². The molecule has 0 atom stereocenters. The third-order valence-electron chi connectivity index (χ3n) is 6.88. The highest BCUT2D eigenvalue weighted by molar-refractivity contribution is 7.92. The lowest BCUT2D eigenvalue weighted by molar-refractivity contribution is -0.111. The van der Waals surface area contributed by atoms with E-state index in [2.05, 4.69) is 37.4 Å². The molecule has 0 radical (unpaired) electrons. The highest BCUT2D eigenvalue weighted by Gasteiger charge is 2.27. The summed E-state index contributed by atoms with van der Waals surface area (Å²) in [6.45, 7) is 5.46. The van der Waals surface area contributed by atoms with Crippen LogP contribution in [0, 0.1) is 0 Å². The number of nitrogens with one attached hydrogen (secondary N) is 3. The van der Waals surface area contributed by atoms with Crippen molar-refractivity contribution >= 4 is 67.7 Å². The molecule has 230 valence electrons. The van der Waals surface area contributed by atoms with Crippen LogP contribution in [0.3, 0.4) is 0 Å². The van der Waals surface area contributed by atoms with E-state index in [0.29, 0.717) is 41.6 Å². The van der Waals surface area contributed by atoms with Gasteiger partial charge in [-0.3, -0.25) is 9.10 Å². The first-order valence-corrected chi connectivity index (χ1v) is 15.8. The highest BCUT2D eigenvalue weighted by atomic mass is 35.5. The molecular weight excluding hydrogens is 592 g/mol. The van der Waals surface area contributed by atoms with E-state index in [0.717, 1.165) is 30.6 Å². The Balaban J connectivity index is 1.69. The van der Waals surface area contributed by atoms with Crippen LogP contribution < -0.4 is 29.9 Å². The molecule has 0 saturated heterocycles. The summed E-state index contributed by atoms with van der Waals surface area (Å²) in [5.74, 6) is 0.620. The van der Waals surface area contributed by atoms with Gasteiger partial charge in [-0.1, -0.05) is 30.3 Å². The Hall–Kier alpha value is -4.07. The maximum Gasteiger partial charge on any atom is 0.247 e. The van der Waals surface area contributed by atoms with E-state index in [-0.39, 0.29) is 22.7 Å². The number of ether oxygens (including phenoxy) is 1. The van der Waals surface area contributed by atoms with E-state index in [1.807, 2.05) is 44.2 Å². The molecule has 0 bridgehead atoms. The van der Waals surface area contributed by atoms with Crippen molar-refractivity contribution in [3.05, 3.63) is 59.8 Å². The van der Waals surface area contributed by atoms with E-state index in [4.69, 9.17) is 16.3 Å². The lowest BCUT2D eigenvalue weighted by atomic mass is 10.0. The number of hydrogen-bond acceptors (Lipinski definition) is 10. The second kappa shape index (κ2) is 13.5. The molecule has 0 fully saturated rings. The number of halogens is 1. The number of methoxy groups -OCH3 is 1. The number of carbonyl (C=O) groups is 1. The summed E-state index contributed by atoms with van der Waals surface area (Å²) in [5, 5.41) is 9.49. The Morgan fingerprint density at radius 3 is 2.60 bits per heavy atom. The van der Waals surface area contributed by atoms with Crippen molar-refractivity contribution in [2.24, 2.45) is 0 Å². The van der Waals surface area contributed by atoms with Gasteiger partial charge >= 0.3 is 0 Å². The number of carbonyl (C=O) groups excluding carboxylic acids is 1. The number of rotatable bonds is 12. The second-order valence-corrected chi connectivity index (χ2v) is 12.7. The fraction of sp³-hybridized carbons (Fsp3) is 0.345. The summed E-state index contributed by atoms with van der Waals surface area (Å²) in [6.07, 6.45) is 5.33. The zero-order valence-corrected chi connectivity index (χ0v) is 26.5. The topological polar surface area (TPSA) is 132 Å². The van der Waals surface area contributed by atoms with Gasteiger partial charge in [0.1, 0.15) is 10.8 Å². The first-order valence-electron chi connectivity index (χ1n) is 13.6. The summed E-state index contributed by atoms with van der Waals surface area (Å²) < 4.78 is 32.2. The first-order chi connectivity index (χ1) is 20.4. The van der Waals surface area contributed by atoms with Gasteiger partial charge in [0, 0.05) is 32.7 Å². The Kier molecular flexibility index (Phi) is 9.99. The molecule has 0 spiro atoms. The second-order valence-electron chi connectivity index (χ2n) is 10.4. The maximum atomic E-state index is 12.6. The summed E-state index contributed by atoms with van der Waals surface area (Å²) in [7, 11) is 3.97. The molecule has 1 amide bonds. The van der Waals surface area contributed by atoms with Gasteiger partial charge in [0.25, 0.3) is 0 Å². The van der Waals surface area contributed by atoms with Crippen LogP contribution in [-0.2, 0) is 21.2 Å². The first kappa shape index (κ1) is 31.9. The molecule has 0 unspecified atom stereocenters. The molecule has 1 aliphatic heterocycles. The smallest absolute Gasteiger partial charge is 0.247 e. The van der Waals surface area contributed by atoms with Crippen molar-refractivity contribution in [2.75, 3.05) is 79.3 Å². The monoisotopic (exact) mass is 628 g/mol. The quantitative estimate of drug-likeness (QED) is 0.247. The Morgan fingerprint density at radius 2 is 1.93 bits per heavy atom. The predicted molar refractivity (Wildman–Crippen MR) is 174 cm³/mol. The Labute approximate surface area is 257 Å². The molecule has 0 aliphatic carbocycles. The van der Waals surface area contributed by atoms with Gasteiger partial charge in [0.2, 0.25) is 21.9 Å². The van der Waals surface area contributed by atoms with Crippen LogP contribution in [0.4, 0.5) is 40.2 Å². The number of amides is 1. The lowest BCUT2D eigenvalue weighted by Gasteiger charge is -2.31. The summed E-state index contributed by atoms with van der Waals surface area (Å²) in [5.41, 5.74) is 3.85. The maximum absolute atomic E-state index is 12.6. The van der Waals surface area contributed by atoms with Gasteiger partial charge in [-0.05, 0) is 50.7 Å². The fourth-order valence-electron chi connectivity index (χ4n) is 4.71. The number of benzene rings is 2. The number of aryl methyl sites for hydroxylation is 1. The number of aromatic nitrogens is 2. The largest absolute Gasteiger partial charge is 0.494 e. The van der Waals surface area contributed by atoms with Crippen molar-refractivity contribution in [3.8, 4) is 5.75 Å². The van der Waals surface area contributed by atoms with Crippen molar-refractivity contribution < 1.29 is 17.9 Å². The van der Waals surface area contributed by atoms with E-state index in [1.54, 1.807) is 19.2 Å². The third-order valence-corrected chi connectivity index (χ3v) is 8.32. The average Bonchev–Trinajstić information content (AvgIpc) is 2.97. The SMILES string of the molecule is C=CC(=O)Nc1cc(Nc2ncc(Cl)c(Nc3cccc4c3N(S(C)(=O)=O)CCC4)n2)c(OC)cc1N(C)CCN(C)C. The van der Waals surface area contributed by atoms with Crippen molar-refractivity contribution in [2.45, 2.75) is 12.8 Å². The number of anilines is 7. The van der Waals surface area contributed by atoms with Gasteiger partial charge in [0.15, 0.2) is 5.82 Å². The molecule has 1 aliphatic rings. The molecule has 14 heteroatoms. The van der Waals surface area contributed by atoms with Gasteiger partial charge in [-0.2, -0.15) is 4.98 Å². The summed E-state index contributed by atoms with van der Waals surface area (Å²) in [4.78, 5) is 25.3. The van der Waals surface area contributed by atoms with Crippen LogP contribution in [0.2, 0.25) is 5.02 Å².